The summed E-state index contributed by atoms with van der Waals surface area (Å²) in [6, 6.07) is 8.54. The Morgan fingerprint density at radius 3 is 2.50 bits per heavy atom. The van der Waals surface area contributed by atoms with Crippen LogP contribution in [0.4, 0.5) is 10.2 Å². The Labute approximate surface area is 128 Å². The van der Waals surface area contributed by atoms with E-state index >= 15 is 0 Å². The fourth-order valence-electron chi connectivity index (χ4n) is 1.92. The highest BCUT2D eigenvalue weighted by Crippen LogP contribution is 2.20. The first-order valence-corrected chi connectivity index (χ1v) is 8.23. The predicted octanol–water partition coefficient (Wildman–Crippen LogP) is 2.29. The Hall–Kier alpha value is -2.28. The van der Waals surface area contributed by atoms with E-state index in [0.717, 1.165) is 6.20 Å². The first kappa shape index (κ1) is 16.1. The van der Waals surface area contributed by atoms with E-state index in [1.54, 1.807) is 12.1 Å². The lowest BCUT2D eigenvalue weighted by Crippen LogP contribution is -2.28. The number of hydrogen-bond acceptors (Lipinski definition) is 4. The van der Waals surface area contributed by atoms with Crippen molar-refractivity contribution in [2.75, 3.05) is 17.7 Å². The number of carbonyl (C=O) groups excluding carboxylic acids is 1. The third-order valence-electron chi connectivity index (χ3n) is 3.19. The van der Waals surface area contributed by atoms with Gasteiger partial charge in [-0.05, 0) is 24.3 Å². The molecule has 0 saturated carbocycles. The average Bonchev–Trinajstić information content (AvgIpc) is 2.54. The van der Waals surface area contributed by atoms with Gasteiger partial charge >= 0.3 is 0 Å². The topological polar surface area (TPSA) is 67.3 Å². The third kappa shape index (κ3) is 3.14. The van der Waals surface area contributed by atoms with E-state index in [1.807, 2.05) is 0 Å². The van der Waals surface area contributed by atoms with Crippen LogP contribution in [0.1, 0.15) is 17.3 Å². The van der Waals surface area contributed by atoms with Gasteiger partial charge in [-0.2, -0.15) is 0 Å². The van der Waals surface area contributed by atoms with Crippen LogP contribution in [0.3, 0.4) is 0 Å². The zero-order valence-electron chi connectivity index (χ0n) is 12.2. The molecule has 0 aliphatic rings. The van der Waals surface area contributed by atoms with E-state index in [0.29, 0.717) is 0 Å². The van der Waals surface area contributed by atoms with Gasteiger partial charge in [-0.25, -0.2) is 17.8 Å². The first-order valence-electron chi connectivity index (χ1n) is 6.58. The van der Waals surface area contributed by atoms with Gasteiger partial charge in [0.05, 0.1) is 22.4 Å². The molecule has 0 radical (unpaired) electrons. The molecule has 1 heterocycles. The van der Waals surface area contributed by atoms with Gasteiger partial charge in [0.25, 0.3) is 5.91 Å². The van der Waals surface area contributed by atoms with E-state index in [4.69, 9.17) is 0 Å². The van der Waals surface area contributed by atoms with Gasteiger partial charge in [0.15, 0.2) is 9.84 Å². The number of sulfone groups is 1. The number of hydrogen-bond donors (Lipinski definition) is 0. The zero-order valence-corrected chi connectivity index (χ0v) is 13.0. The summed E-state index contributed by atoms with van der Waals surface area (Å²) in [7, 11) is -2.07. The van der Waals surface area contributed by atoms with Gasteiger partial charge < -0.3 is 0 Å². The molecule has 0 spiro atoms. The minimum absolute atomic E-state index is 0.0172. The fraction of sp³-hybridized carbons (Fsp3) is 0.200. The fourth-order valence-corrected chi connectivity index (χ4v) is 3.01. The minimum atomic E-state index is -3.52. The second kappa shape index (κ2) is 6.23. The molecule has 0 N–H and O–H groups in total. The molecule has 22 heavy (non-hydrogen) atoms. The second-order valence-electron chi connectivity index (χ2n) is 4.60. The Morgan fingerprint density at radius 2 is 1.91 bits per heavy atom. The summed E-state index contributed by atoms with van der Waals surface area (Å²) in [5.41, 5.74) is 0.0676. The molecule has 7 heteroatoms. The minimum Gasteiger partial charge on any atom is -0.296 e. The molecule has 0 aliphatic heterocycles. The number of carbonyl (C=O) groups is 1. The summed E-state index contributed by atoms with van der Waals surface area (Å²) in [6.45, 7) is 1.52. The number of halogens is 1. The van der Waals surface area contributed by atoms with Gasteiger partial charge in [0.2, 0.25) is 0 Å². The van der Waals surface area contributed by atoms with Gasteiger partial charge in [0, 0.05) is 7.05 Å². The Kier molecular flexibility index (Phi) is 4.56. The second-order valence-corrected chi connectivity index (χ2v) is 6.85. The van der Waals surface area contributed by atoms with Crippen molar-refractivity contribution in [1.82, 2.24) is 4.98 Å². The lowest BCUT2D eigenvalue weighted by molar-refractivity contribution is 0.0989. The third-order valence-corrected chi connectivity index (χ3v) is 4.98. The molecule has 1 aromatic carbocycles. The standard InChI is InChI=1S/C15H15FN2O3S/c1-3-22(20,21)13-7-5-4-6-12(13)15(19)18(2)14-9-8-11(16)10-17-14/h4-10H,3H2,1-2H3. The van der Waals surface area contributed by atoms with E-state index in [1.165, 1.54) is 43.1 Å². The Bertz CT molecular complexity index is 789. The van der Waals surface area contributed by atoms with E-state index in [-0.39, 0.29) is 22.0 Å². The van der Waals surface area contributed by atoms with Crippen molar-refractivity contribution in [1.29, 1.82) is 0 Å². The number of nitrogens with zero attached hydrogens (tertiary/aromatic N) is 2. The van der Waals surface area contributed by atoms with Crippen molar-refractivity contribution in [3.05, 3.63) is 54.0 Å². The Morgan fingerprint density at radius 1 is 1.23 bits per heavy atom. The largest absolute Gasteiger partial charge is 0.296 e. The van der Waals surface area contributed by atoms with E-state index in [9.17, 15) is 17.6 Å². The maximum Gasteiger partial charge on any atom is 0.260 e. The molecule has 5 nitrogen and oxygen atoms in total. The first-order chi connectivity index (χ1) is 10.4. The molecule has 1 amide bonds. The molecule has 0 fully saturated rings. The highest BCUT2D eigenvalue weighted by Gasteiger charge is 2.23. The molecule has 1 aromatic heterocycles. The molecule has 2 rings (SSSR count). The SMILES string of the molecule is CCS(=O)(=O)c1ccccc1C(=O)N(C)c1ccc(F)cn1. The quantitative estimate of drug-likeness (QED) is 0.866. The van der Waals surface area contributed by atoms with Gasteiger partial charge in [-0.1, -0.05) is 19.1 Å². The van der Waals surface area contributed by atoms with Gasteiger partial charge in [-0.3, -0.25) is 9.69 Å². The van der Waals surface area contributed by atoms with Crippen molar-refractivity contribution in [2.24, 2.45) is 0 Å². The summed E-state index contributed by atoms with van der Waals surface area (Å²) in [5, 5.41) is 0. The molecule has 0 atom stereocenters. The van der Waals surface area contributed by atoms with E-state index in [2.05, 4.69) is 4.98 Å². The summed E-state index contributed by atoms with van der Waals surface area (Å²) in [5.74, 6) is -0.907. The number of benzene rings is 1. The molecule has 0 bridgehead atoms. The summed E-state index contributed by atoms with van der Waals surface area (Å²) >= 11 is 0. The van der Waals surface area contributed by atoms with Crippen molar-refractivity contribution in [2.45, 2.75) is 11.8 Å². The molecule has 0 aliphatic carbocycles. The van der Waals surface area contributed by atoms with Crippen LogP contribution in [0.5, 0.6) is 0 Å². The monoisotopic (exact) mass is 322 g/mol. The van der Waals surface area contributed by atoms with Gasteiger partial charge in [-0.15, -0.1) is 0 Å². The summed E-state index contributed by atoms with van der Waals surface area (Å²) < 4.78 is 37.1. The summed E-state index contributed by atoms with van der Waals surface area (Å²) in [6.07, 6.45) is 0.994. The molecular weight excluding hydrogens is 307 g/mol. The normalized spacial score (nSPS) is 11.2. The van der Waals surface area contributed by atoms with Crippen molar-refractivity contribution >= 4 is 21.6 Å². The van der Waals surface area contributed by atoms with Crippen molar-refractivity contribution < 1.29 is 17.6 Å². The van der Waals surface area contributed by atoms with Gasteiger partial charge in [0.1, 0.15) is 11.6 Å². The van der Waals surface area contributed by atoms with Crippen molar-refractivity contribution in [3.63, 3.8) is 0 Å². The lowest BCUT2D eigenvalue weighted by Gasteiger charge is -2.18. The average molecular weight is 322 g/mol. The number of anilines is 1. The number of aromatic nitrogens is 1. The predicted molar refractivity (Wildman–Crippen MR) is 81.1 cm³/mol. The maximum atomic E-state index is 12.9. The zero-order chi connectivity index (χ0) is 16.3. The Balaban J connectivity index is 2.44. The molecule has 116 valence electrons. The van der Waals surface area contributed by atoms with Crippen LogP contribution in [-0.4, -0.2) is 32.1 Å². The molecule has 0 saturated heterocycles. The van der Waals surface area contributed by atoms with Crippen LogP contribution in [0.2, 0.25) is 0 Å². The maximum absolute atomic E-state index is 12.9. The smallest absolute Gasteiger partial charge is 0.260 e. The summed E-state index contributed by atoms with van der Waals surface area (Å²) in [4.78, 5) is 17.5. The van der Waals surface area contributed by atoms with Crippen LogP contribution in [0, 0.1) is 5.82 Å². The van der Waals surface area contributed by atoms with Crippen LogP contribution >= 0.6 is 0 Å². The van der Waals surface area contributed by atoms with Crippen LogP contribution in [0.15, 0.2) is 47.5 Å². The number of pyridine rings is 1. The highest BCUT2D eigenvalue weighted by atomic mass is 32.2. The van der Waals surface area contributed by atoms with Crippen LogP contribution in [0.25, 0.3) is 0 Å². The molecule has 2 aromatic rings. The van der Waals surface area contributed by atoms with Crippen molar-refractivity contribution in [3.8, 4) is 0 Å². The highest BCUT2D eigenvalue weighted by molar-refractivity contribution is 7.91. The van der Waals surface area contributed by atoms with E-state index < -0.39 is 21.6 Å². The van der Waals surface area contributed by atoms with Crippen LogP contribution in [-0.2, 0) is 9.84 Å². The molecular formula is C15H15FN2O3S. The molecule has 0 unspecified atom stereocenters. The number of amides is 1. The van der Waals surface area contributed by atoms with Crippen LogP contribution < -0.4 is 4.90 Å². The lowest BCUT2D eigenvalue weighted by atomic mass is 10.2. The number of rotatable bonds is 4.